The average Bonchev–Trinajstić information content (AvgIpc) is 2.87. The van der Waals surface area contributed by atoms with E-state index in [2.05, 4.69) is 12.0 Å². The molecule has 0 saturated carbocycles. The molecule has 0 radical (unpaired) electrons. The molecule has 1 aromatic heterocycles. The molecule has 1 amide bonds. The van der Waals surface area contributed by atoms with Crippen molar-refractivity contribution in [3.05, 3.63) is 43.4 Å². The van der Waals surface area contributed by atoms with E-state index in [1.54, 1.807) is 31.4 Å². The Morgan fingerprint density at radius 3 is 2.71 bits per heavy atom. The van der Waals surface area contributed by atoms with Crippen LogP contribution in [0.15, 0.2) is 35.1 Å². The fourth-order valence-electron chi connectivity index (χ4n) is 1.47. The van der Waals surface area contributed by atoms with Gasteiger partial charge in [0.05, 0.1) is 7.11 Å². The third-order valence-corrected chi connectivity index (χ3v) is 2.34. The van der Waals surface area contributed by atoms with E-state index >= 15 is 0 Å². The number of aromatic nitrogens is 1. The van der Waals surface area contributed by atoms with Gasteiger partial charge in [0.25, 0.3) is 0 Å². The van der Waals surface area contributed by atoms with Crippen LogP contribution in [-0.2, 0) is 0 Å². The summed E-state index contributed by atoms with van der Waals surface area (Å²) in [5.41, 5.74) is 1.04. The van der Waals surface area contributed by atoms with Gasteiger partial charge >= 0.3 is 5.91 Å². The highest BCUT2D eigenvalue weighted by Crippen LogP contribution is 2.24. The normalized spacial score (nSPS) is 10.2. The third-order valence-electron chi connectivity index (χ3n) is 2.34. The lowest BCUT2D eigenvalue weighted by Crippen LogP contribution is -2.81. The van der Waals surface area contributed by atoms with Gasteiger partial charge in [0.1, 0.15) is 5.75 Å². The summed E-state index contributed by atoms with van der Waals surface area (Å²) in [7, 11) is 5.02. The van der Waals surface area contributed by atoms with E-state index in [1.165, 1.54) is 11.7 Å². The van der Waals surface area contributed by atoms with Crippen molar-refractivity contribution in [2.75, 3.05) is 7.11 Å². The maximum atomic E-state index is 11.5. The molecule has 1 aromatic carbocycles. The lowest BCUT2D eigenvalue weighted by Gasteiger charge is -2.02. The molecule has 17 heavy (non-hydrogen) atoms. The molecule has 88 valence electrons. The summed E-state index contributed by atoms with van der Waals surface area (Å²) < 4.78 is 10.3. The molecule has 0 aliphatic rings. The number of carbonyl (C=O) groups is 1. The minimum absolute atomic E-state index is 0.260. The minimum atomic E-state index is -0.260. The second-order valence-electron chi connectivity index (χ2n) is 3.33. The minimum Gasteiger partial charge on any atom is -0.497 e. The number of primary amides is 1. The van der Waals surface area contributed by atoms with Crippen molar-refractivity contribution in [1.82, 2.24) is 4.98 Å². The first kappa shape index (κ1) is 11.3. The van der Waals surface area contributed by atoms with Crippen molar-refractivity contribution in [3.8, 4) is 17.1 Å². The summed E-state index contributed by atoms with van der Waals surface area (Å²) in [4.78, 5) is 15.4. The summed E-state index contributed by atoms with van der Waals surface area (Å²) >= 11 is 0. The number of nitrogens with zero attached hydrogens (tertiary/aromatic N) is 1. The van der Waals surface area contributed by atoms with Crippen LogP contribution in [0.1, 0.15) is 10.5 Å². The maximum Gasteiger partial charge on any atom is 0.339 e. The van der Waals surface area contributed by atoms with E-state index in [4.69, 9.17) is 9.15 Å². The molecule has 0 spiro atoms. The van der Waals surface area contributed by atoms with Gasteiger partial charge in [0, 0.05) is 5.56 Å². The molecular formula is C12H12N2O3. The van der Waals surface area contributed by atoms with Crippen LogP contribution in [0.2, 0.25) is 0 Å². The van der Waals surface area contributed by atoms with Crippen LogP contribution in [0.4, 0.5) is 0 Å². The van der Waals surface area contributed by atoms with Crippen molar-refractivity contribution in [1.29, 1.82) is 0 Å². The quantitative estimate of drug-likeness (QED) is 0.796. The zero-order valence-corrected chi connectivity index (χ0v) is 9.34. The summed E-state index contributed by atoms with van der Waals surface area (Å²) in [6.45, 7) is 0. The van der Waals surface area contributed by atoms with Crippen LogP contribution >= 0.6 is 0 Å². The second kappa shape index (κ2) is 4.80. The average molecular weight is 232 g/mol. The third kappa shape index (κ3) is 2.19. The van der Waals surface area contributed by atoms with E-state index in [-0.39, 0.29) is 11.6 Å². The first-order valence-electron chi connectivity index (χ1n) is 5.01. The fourth-order valence-corrected chi connectivity index (χ4v) is 1.47. The molecule has 0 aliphatic heterocycles. The fraction of sp³-hybridized carbons (Fsp3) is 0.0833. The second-order valence-corrected chi connectivity index (χ2v) is 3.33. The van der Waals surface area contributed by atoms with E-state index in [1.807, 2.05) is 0 Å². The number of hydrogen-bond acceptors (Lipinski definition) is 4. The Labute approximate surface area is 98.4 Å². The number of rotatable bonds is 3. The van der Waals surface area contributed by atoms with Crippen molar-refractivity contribution in [3.63, 3.8) is 0 Å². The van der Waals surface area contributed by atoms with Crippen molar-refractivity contribution < 1.29 is 19.3 Å². The highest BCUT2D eigenvalue weighted by Gasteiger charge is 2.18. The standard InChI is InChI=1S/C12H12N2O3/c1-13-12(15)10-11(17-7-14-10)8-3-5-9(16-2)6-4-8/h3-7H,1,13H2,2H3. The first-order valence-corrected chi connectivity index (χ1v) is 5.01. The predicted molar refractivity (Wildman–Crippen MR) is 60.1 cm³/mol. The summed E-state index contributed by atoms with van der Waals surface area (Å²) in [6, 6.07) is 7.19. The van der Waals surface area contributed by atoms with Crippen LogP contribution in [0.5, 0.6) is 5.75 Å². The van der Waals surface area contributed by atoms with Gasteiger partial charge in [-0.15, -0.1) is 7.05 Å². The van der Waals surface area contributed by atoms with Gasteiger partial charge in [-0.1, -0.05) is 0 Å². The number of oxazole rings is 1. The largest absolute Gasteiger partial charge is 0.497 e. The van der Waals surface area contributed by atoms with Crippen molar-refractivity contribution >= 4 is 5.91 Å². The zero-order valence-electron chi connectivity index (χ0n) is 9.34. The zero-order chi connectivity index (χ0) is 12.3. The maximum absolute atomic E-state index is 11.5. The summed E-state index contributed by atoms with van der Waals surface area (Å²) in [5.74, 6) is 0.923. The topological polar surface area (TPSA) is 68.9 Å². The van der Waals surface area contributed by atoms with E-state index in [9.17, 15) is 4.79 Å². The Morgan fingerprint density at radius 1 is 1.41 bits per heavy atom. The Hall–Kier alpha value is -2.14. The molecular weight excluding hydrogens is 220 g/mol. The molecule has 0 aliphatic carbocycles. The van der Waals surface area contributed by atoms with E-state index in [0.717, 1.165) is 11.3 Å². The van der Waals surface area contributed by atoms with Crippen LogP contribution < -0.4 is 10.1 Å². The molecule has 5 nitrogen and oxygen atoms in total. The van der Waals surface area contributed by atoms with Crippen molar-refractivity contribution in [2.24, 2.45) is 0 Å². The van der Waals surface area contributed by atoms with Crippen molar-refractivity contribution in [2.45, 2.75) is 0 Å². The van der Waals surface area contributed by atoms with Gasteiger partial charge in [-0.05, 0) is 24.3 Å². The Balaban J connectivity index is 2.39. The highest BCUT2D eigenvalue weighted by molar-refractivity contribution is 5.91. The first-order chi connectivity index (χ1) is 8.26. The Bertz CT molecular complexity index is 517. The van der Waals surface area contributed by atoms with Crippen LogP contribution in [0, 0.1) is 7.05 Å². The number of amides is 1. The molecule has 5 heteroatoms. The molecule has 2 N–H and O–H groups in total. The monoisotopic (exact) mass is 232 g/mol. The van der Waals surface area contributed by atoms with Crippen LogP contribution in [0.25, 0.3) is 11.3 Å². The SMILES string of the molecule is [CH2-][NH2+]C(=O)c1ncoc1-c1ccc(OC)cc1. The molecule has 2 aromatic rings. The van der Waals surface area contributed by atoms with Gasteiger partial charge in [0.15, 0.2) is 12.2 Å². The molecule has 0 atom stereocenters. The van der Waals surface area contributed by atoms with Crippen LogP contribution in [-0.4, -0.2) is 18.0 Å². The van der Waals surface area contributed by atoms with Gasteiger partial charge in [-0.3, -0.25) is 0 Å². The predicted octanol–water partition coefficient (Wildman–Crippen LogP) is 0.845. The molecule has 0 fully saturated rings. The lowest BCUT2D eigenvalue weighted by atomic mass is 10.1. The number of methoxy groups -OCH3 is 1. The van der Waals surface area contributed by atoms with Gasteiger partial charge in [-0.2, -0.15) is 0 Å². The van der Waals surface area contributed by atoms with E-state index in [0.29, 0.717) is 5.76 Å². The van der Waals surface area contributed by atoms with Gasteiger partial charge < -0.3 is 14.5 Å². The lowest BCUT2D eigenvalue weighted by molar-refractivity contribution is -0.489. The van der Waals surface area contributed by atoms with Gasteiger partial charge in [0.2, 0.25) is 5.69 Å². The Morgan fingerprint density at radius 2 is 2.12 bits per heavy atom. The van der Waals surface area contributed by atoms with Gasteiger partial charge in [-0.25, -0.2) is 9.78 Å². The Kier molecular flexibility index (Phi) is 3.20. The number of ether oxygens (including phenoxy) is 1. The summed E-state index contributed by atoms with van der Waals surface area (Å²) in [6.07, 6.45) is 1.25. The number of quaternary nitrogens is 1. The highest BCUT2D eigenvalue weighted by atomic mass is 16.5. The smallest absolute Gasteiger partial charge is 0.339 e. The number of nitrogens with two attached hydrogens (primary N) is 1. The molecule has 0 unspecified atom stereocenters. The molecule has 0 saturated heterocycles. The summed E-state index contributed by atoms with van der Waals surface area (Å²) in [5, 5.41) is 1.21. The number of benzene rings is 1. The number of carbonyl (C=O) groups excluding carboxylic acids is 1. The molecule has 1 heterocycles. The number of hydrogen-bond donors (Lipinski definition) is 1. The molecule has 0 bridgehead atoms. The molecule has 2 rings (SSSR count). The van der Waals surface area contributed by atoms with Crippen LogP contribution in [0.3, 0.4) is 0 Å². The van der Waals surface area contributed by atoms with E-state index < -0.39 is 0 Å².